The number of thioether (sulfide) groups is 1. The summed E-state index contributed by atoms with van der Waals surface area (Å²) >= 11 is 7.31. The number of rotatable bonds is 4. The van der Waals surface area contributed by atoms with E-state index in [0.29, 0.717) is 15.9 Å². The smallest absolute Gasteiger partial charge is 0.240 e. The van der Waals surface area contributed by atoms with Gasteiger partial charge in [-0.2, -0.15) is 0 Å². The van der Waals surface area contributed by atoms with Crippen LogP contribution in [0.2, 0.25) is 5.02 Å². The van der Waals surface area contributed by atoms with Crippen LogP contribution >= 0.6 is 23.4 Å². The number of halogens is 1. The van der Waals surface area contributed by atoms with Crippen molar-refractivity contribution in [2.24, 2.45) is 0 Å². The van der Waals surface area contributed by atoms with Gasteiger partial charge in [-0.05, 0) is 48.9 Å². The van der Waals surface area contributed by atoms with Crippen molar-refractivity contribution in [3.63, 3.8) is 0 Å². The average molecular weight is 416 g/mol. The highest BCUT2D eigenvalue weighted by Crippen LogP contribution is 2.37. The maximum absolute atomic E-state index is 13.1. The molecule has 144 valence electrons. The Morgan fingerprint density at radius 1 is 1.18 bits per heavy atom. The highest BCUT2D eigenvalue weighted by atomic mass is 35.5. The molecule has 0 saturated carbocycles. The number of nitrogens with zero attached hydrogens (tertiary/aromatic N) is 3. The summed E-state index contributed by atoms with van der Waals surface area (Å²) < 4.78 is 7.05. The molecule has 28 heavy (non-hydrogen) atoms. The fourth-order valence-electron chi connectivity index (χ4n) is 2.97. The topological polar surface area (TPSA) is 81.1 Å². The molecule has 2 aromatic carbocycles. The monoisotopic (exact) mass is 415 g/mol. The molecule has 3 aromatic rings. The maximum atomic E-state index is 13.1. The minimum atomic E-state index is -0.444. The van der Waals surface area contributed by atoms with Crippen LogP contribution in [0.4, 0.5) is 5.69 Å². The molecule has 1 aromatic heterocycles. The first kappa shape index (κ1) is 18.6. The molecule has 0 unspecified atom stereocenters. The molecule has 2 atom stereocenters. The second kappa shape index (κ2) is 7.73. The minimum Gasteiger partial charge on any atom is -0.497 e. The molecule has 0 aliphatic carbocycles. The number of aryl methyl sites for hydroxylation is 1. The molecule has 0 fully saturated rings. The summed E-state index contributed by atoms with van der Waals surface area (Å²) in [4.78, 5) is 13.1. The van der Waals surface area contributed by atoms with Gasteiger partial charge in [0.05, 0.1) is 13.2 Å². The molecular formula is C19H18ClN5O2S. The first-order chi connectivity index (χ1) is 13.5. The van der Waals surface area contributed by atoms with Crippen molar-refractivity contribution in [2.75, 3.05) is 17.9 Å². The van der Waals surface area contributed by atoms with Crippen LogP contribution in [0.25, 0.3) is 0 Å². The highest BCUT2D eigenvalue weighted by molar-refractivity contribution is 8.00. The first-order valence-corrected chi connectivity index (χ1v) is 9.86. The van der Waals surface area contributed by atoms with E-state index in [2.05, 4.69) is 20.9 Å². The summed E-state index contributed by atoms with van der Waals surface area (Å²) in [7, 11) is 1.62. The number of hydrogen-bond donors (Lipinski definition) is 2. The van der Waals surface area contributed by atoms with Gasteiger partial charge in [-0.1, -0.05) is 35.5 Å². The second-order valence-corrected chi connectivity index (χ2v) is 7.82. The number of amides is 1. The number of nitrogens with one attached hydrogen (secondary N) is 2. The summed E-state index contributed by atoms with van der Waals surface area (Å²) in [5.74, 6) is 1.36. The van der Waals surface area contributed by atoms with Crippen LogP contribution in [0, 0.1) is 6.92 Å². The predicted octanol–water partition coefficient (Wildman–Crippen LogP) is 3.65. The Kier molecular flexibility index (Phi) is 5.15. The van der Waals surface area contributed by atoms with Crippen molar-refractivity contribution >= 4 is 35.0 Å². The standard InChI is InChI=1S/C19H18ClN5O2S/c1-11-22-23-19-25(11)24-16(12-3-9-15(27-2)10-4-12)17(28-19)18(26)21-14-7-5-13(20)6-8-14/h3-10,16-17,24H,1-2H3,(H,21,26)/t16-,17-/m1/s1. The van der Waals surface area contributed by atoms with Crippen LogP contribution < -0.4 is 15.5 Å². The van der Waals surface area contributed by atoms with Crippen LogP contribution in [0.1, 0.15) is 17.4 Å². The minimum absolute atomic E-state index is 0.132. The fraction of sp³-hybridized carbons (Fsp3) is 0.211. The quantitative estimate of drug-likeness (QED) is 0.677. The van der Waals surface area contributed by atoms with Gasteiger partial charge in [0.15, 0.2) is 0 Å². The molecule has 4 rings (SSSR count). The van der Waals surface area contributed by atoms with Gasteiger partial charge in [0, 0.05) is 10.7 Å². The normalized spacial score (nSPS) is 18.1. The SMILES string of the molecule is COc1ccc([C@H]2Nn3c(C)nnc3S[C@H]2C(=O)Nc2ccc(Cl)cc2)cc1. The van der Waals surface area contributed by atoms with E-state index in [1.54, 1.807) is 31.4 Å². The van der Waals surface area contributed by atoms with Gasteiger partial charge >= 0.3 is 0 Å². The lowest BCUT2D eigenvalue weighted by molar-refractivity contribution is -0.116. The van der Waals surface area contributed by atoms with Gasteiger partial charge in [-0.25, -0.2) is 4.68 Å². The Balaban J connectivity index is 1.64. The molecule has 0 radical (unpaired) electrons. The number of aromatic nitrogens is 3. The number of anilines is 1. The third kappa shape index (κ3) is 3.65. The van der Waals surface area contributed by atoms with Gasteiger partial charge in [0.1, 0.15) is 16.8 Å². The largest absolute Gasteiger partial charge is 0.497 e. The lowest BCUT2D eigenvalue weighted by atomic mass is 10.0. The zero-order valence-electron chi connectivity index (χ0n) is 15.2. The molecule has 2 N–H and O–H groups in total. The van der Waals surface area contributed by atoms with E-state index in [-0.39, 0.29) is 11.9 Å². The summed E-state index contributed by atoms with van der Waals surface area (Å²) in [6.07, 6.45) is 0. The molecule has 1 amide bonds. The summed E-state index contributed by atoms with van der Waals surface area (Å²) in [5, 5.41) is 12.0. The van der Waals surface area contributed by atoms with Crippen molar-refractivity contribution in [3.8, 4) is 5.75 Å². The van der Waals surface area contributed by atoms with Crippen LogP contribution in [-0.4, -0.2) is 33.1 Å². The Labute approximate surface area is 171 Å². The second-order valence-electron chi connectivity index (χ2n) is 6.28. The third-order valence-electron chi connectivity index (χ3n) is 4.44. The van der Waals surface area contributed by atoms with E-state index in [9.17, 15) is 4.79 Å². The van der Waals surface area contributed by atoms with Gasteiger partial charge in [-0.3, -0.25) is 4.79 Å². The molecule has 7 nitrogen and oxygen atoms in total. The van der Waals surface area contributed by atoms with E-state index in [1.165, 1.54) is 11.8 Å². The third-order valence-corrected chi connectivity index (χ3v) is 5.91. The van der Waals surface area contributed by atoms with Crippen molar-refractivity contribution in [1.29, 1.82) is 0 Å². The molecular weight excluding hydrogens is 398 g/mol. The Morgan fingerprint density at radius 2 is 1.89 bits per heavy atom. The van der Waals surface area contributed by atoms with E-state index in [4.69, 9.17) is 16.3 Å². The predicted molar refractivity (Wildman–Crippen MR) is 110 cm³/mol. The van der Waals surface area contributed by atoms with Crippen LogP contribution in [-0.2, 0) is 4.79 Å². The number of ether oxygens (including phenoxy) is 1. The highest BCUT2D eigenvalue weighted by Gasteiger charge is 2.37. The van der Waals surface area contributed by atoms with Crippen molar-refractivity contribution in [3.05, 3.63) is 64.9 Å². The Bertz CT molecular complexity index is 991. The lowest BCUT2D eigenvalue weighted by Gasteiger charge is -2.32. The van der Waals surface area contributed by atoms with E-state index >= 15 is 0 Å². The molecule has 2 heterocycles. The molecule has 1 aliphatic rings. The number of hydrogen-bond acceptors (Lipinski definition) is 6. The molecule has 0 spiro atoms. The number of methoxy groups -OCH3 is 1. The van der Waals surface area contributed by atoms with E-state index < -0.39 is 5.25 Å². The van der Waals surface area contributed by atoms with Crippen LogP contribution in [0.15, 0.2) is 53.7 Å². The molecule has 0 saturated heterocycles. The van der Waals surface area contributed by atoms with Gasteiger partial charge in [0.25, 0.3) is 0 Å². The molecule has 9 heteroatoms. The number of carbonyl (C=O) groups is 1. The van der Waals surface area contributed by atoms with Gasteiger partial charge in [-0.15, -0.1) is 10.2 Å². The van der Waals surface area contributed by atoms with Crippen LogP contribution in [0.5, 0.6) is 5.75 Å². The van der Waals surface area contributed by atoms with Crippen molar-refractivity contribution in [1.82, 2.24) is 14.9 Å². The van der Waals surface area contributed by atoms with E-state index in [0.717, 1.165) is 17.1 Å². The fourth-order valence-corrected chi connectivity index (χ4v) is 4.22. The zero-order valence-corrected chi connectivity index (χ0v) is 16.8. The van der Waals surface area contributed by atoms with E-state index in [1.807, 2.05) is 35.9 Å². The molecule has 0 bridgehead atoms. The van der Waals surface area contributed by atoms with Crippen molar-refractivity contribution < 1.29 is 9.53 Å². The Hall–Kier alpha value is -2.71. The molecule has 1 aliphatic heterocycles. The lowest BCUT2D eigenvalue weighted by Crippen LogP contribution is -2.41. The number of fused-ring (bicyclic) bond motifs is 1. The van der Waals surface area contributed by atoms with Crippen molar-refractivity contribution in [2.45, 2.75) is 23.4 Å². The zero-order chi connectivity index (χ0) is 19.7. The maximum Gasteiger partial charge on any atom is 0.240 e. The number of carbonyl (C=O) groups excluding carboxylic acids is 1. The Morgan fingerprint density at radius 3 is 2.57 bits per heavy atom. The number of benzene rings is 2. The van der Waals surface area contributed by atoms with Crippen LogP contribution in [0.3, 0.4) is 0 Å². The van der Waals surface area contributed by atoms with Gasteiger partial charge in [0.2, 0.25) is 11.1 Å². The summed E-state index contributed by atoms with van der Waals surface area (Å²) in [6.45, 7) is 1.86. The summed E-state index contributed by atoms with van der Waals surface area (Å²) in [5.41, 5.74) is 5.02. The van der Waals surface area contributed by atoms with Gasteiger partial charge < -0.3 is 15.5 Å². The average Bonchev–Trinajstić information content (AvgIpc) is 3.09. The summed E-state index contributed by atoms with van der Waals surface area (Å²) in [6, 6.07) is 14.4. The first-order valence-electron chi connectivity index (χ1n) is 8.61.